The van der Waals surface area contributed by atoms with E-state index in [1.54, 1.807) is 25.4 Å². The van der Waals surface area contributed by atoms with Crippen LogP contribution in [0.1, 0.15) is 18.9 Å². The number of aromatic nitrogens is 3. The quantitative estimate of drug-likeness (QED) is 0.841. The third kappa shape index (κ3) is 2.01. The Bertz CT molecular complexity index is 466. The fraction of sp³-hybridized carbons (Fsp3) is 0.300. The molecule has 1 atom stereocenters. The van der Waals surface area contributed by atoms with Crippen LogP contribution in [-0.4, -0.2) is 22.2 Å². The van der Waals surface area contributed by atoms with Crippen LogP contribution in [0.4, 0.5) is 5.69 Å². The summed E-state index contributed by atoms with van der Waals surface area (Å²) in [6, 6.07) is 3.45. The summed E-state index contributed by atoms with van der Waals surface area (Å²) in [5.41, 5.74) is 6.72. The van der Waals surface area contributed by atoms with Gasteiger partial charge in [0, 0.05) is 7.11 Å². The first-order valence-electron chi connectivity index (χ1n) is 4.79. The van der Waals surface area contributed by atoms with Crippen LogP contribution in [0.5, 0.6) is 0 Å². The first kappa shape index (κ1) is 10.6. The van der Waals surface area contributed by atoms with E-state index < -0.39 is 0 Å². The van der Waals surface area contributed by atoms with Crippen LogP contribution >= 0.6 is 0 Å². The van der Waals surface area contributed by atoms with Crippen LogP contribution < -0.4 is 5.73 Å². The first-order valence-corrected chi connectivity index (χ1v) is 4.79. The molecule has 2 aromatic heterocycles. The lowest BCUT2D eigenvalue weighted by Crippen LogP contribution is -1.97. The molecule has 2 rings (SSSR count). The lowest BCUT2D eigenvalue weighted by atomic mass is 10.3. The van der Waals surface area contributed by atoms with Gasteiger partial charge in [-0.05, 0) is 19.1 Å². The highest BCUT2D eigenvalue weighted by atomic mass is 16.5. The number of hydrogen-bond donors (Lipinski definition) is 1. The molecule has 1 unspecified atom stereocenters. The zero-order valence-corrected chi connectivity index (χ0v) is 9.04. The van der Waals surface area contributed by atoms with Crippen LogP contribution in [0.25, 0.3) is 11.6 Å². The van der Waals surface area contributed by atoms with E-state index in [-0.39, 0.29) is 6.10 Å². The van der Waals surface area contributed by atoms with Gasteiger partial charge in [0.2, 0.25) is 5.82 Å². The molecule has 16 heavy (non-hydrogen) atoms. The summed E-state index contributed by atoms with van der Waals surface area (Å²) in [6.45, 7) is 1.84. The van der Waals surface area contributed by atoms with Crippen molar-refractivity contribution in [2.45, 2.75) is 13.0 Å². The zero-order valence-electron chi connectivity index (χ0n) is 9.04. The van der Waals surface area contributed by atoms with E-state index in [0.29, 0.717) is 23.1 Å². The number of nitrogens with two attached hydrogens (primary N) is 1. The molecule has 0 fully saturated rings. The molecule has 0 amide bonds. The molecule has 84 valence electrons. The maximum atomic E-state index is 5.53. The molecular formula is C10H12N4O2. The highest BCUT2D eigenvalue weighted by molar-refractivity contribution is 5.50. The number of pyridine rings is 1. The topological polar surface area (TPSA) is 87.1 Å². The maximum absolute atomic E-state index is 5.53. The maximum Gasteiger partial charge on any atom is 0.276 e. The molecule has 6 heteroatoms. The zero-order chi connectivity index (χ0) is 11.5. The Kier molecular flexibility index (Phi) is 2.82. The Hall–Kier alpha value is -1.95. The summed E-state index contributed by atoms with van der Waals surface area (Å²) in [7, 11) is 1.59. The molecule has 0 spiro atoms. The molecule has 2 N–H and O–H groups in total. The van der Waals surface area contributed by atoms with Gasteiger partial charge in [-0.15, -0.1) is 0 Å². The van der Waals surface area contributed by atoms with Crippen LogP contribution in [0.3, 0.4) is 0 Å². The van der Waals surface area contributed by atoms with Crippen molar-refractivity contribution >= 4 is 5.69 Å². The summed E-state index contributed by atoms with van der Waals surface area (Å²) in [6.07, 6.45) is 1.34. The second-order valence-electron chi connectivity index (χ2n) is 3.31. The lowest BCUT2D eigenvalue weighted by Gasteiger charge is -2.00. The van der Waals surface area contributed by atoms with E-state index in [1.165, 1.54) is 0 Å². The summed E-state index contributed by atoms with van der Waals surface area (Å²) < 4.78 is 10.1. The van der Waals surface area contributed by atoms with Crippen molar-refractivity contribution in [3.63, 3.8) is 0 Å². The summed E-state index contributed by atoms with van der Waals surface area (Å²) in [4.78, 5) is 8.26. The molecule has 2 heterocycles. The first-order chi connectivity index (χ1) is 7.70. The minimum absolute atomic E-state index is 0.203. The molecule has 0 aliphatic carbocycles. The van der Waals surface area contributed by atoms with Gasteiger partial charge in [-0.25, -0.2) is 4.98 Å². The van der Waals surface area contributed by atoms with E-state index in [2.05, 4.69) is 15.1 Å². The van der Waals surface area contributed by atoms with Gasteiger partial charge in [-0.2, -0.15) is 4.98 Å². The number of rotatable bonds is 3. The average molecular weight is 220 g/mol. The smallest absolute Gasteiger partial charge is 0.276 e. The fourth-order valence-corrected chi connectivity index (χ4v) is 1.14. The average Bonchev–Trinajstić information content (AvgIpc) is 2.78. The van der Waals surface area contributed by atoms with E-state index in [1.807, 2.05) is 6.92 Å². The van der Waals surface area contributed by atoms with E-state index in [4.69, 9.17) is 15.0 Å². The van der Waals surface area contributed by atoms with Gasteiger partial charge in [0.25, 0.3) is 5.89 Å². The monoisotopic (exact) mass is 220 g/mol. The second kappa shape index (κ2) is 4.28. The molecule has 0 aliphatic heterocycles. The molecule has 6 nitrogen and oxygen atoms in total. The second-order valence-corrected chi connectivity index (χ2v) is 3.31. The molecule has 0 saturated heterocycles. The predicted octanol–water partition coefficient (Wildman–Crippen LogP) is 1.42. The summed E-state index contributed by atoms with van der Waals surface area (Å²) in [5, 5.41) is 3.80. The van der Waals surface area contributed by atoms with Crippen molar-refractivity contribution in [3.05, 3.63) is 24.2 Å². The van der Waals surface area contributed by atoms with E-state index in [0.717, 1.165) is 0 Å². The molecule has 0 bridgehead atoms. The van der Waals surface area contributed by atoms with Gasteiger partial charge >= 0.3 is 0 Å². The van der Waals surface area contributed by atoms with Crippen LogP contribution in [-0.2, 0) is 4.74 Å². The third-order valence-corrected chi connectivity index (χ3v) is 2.16. The van der Waals surface area contributed by atoms with Crippen molar-refractivity contribution in [2.75, 3.05) is 12.8 Å². The number of anilines is 1. The number of ether oxygens (including phenoxy) is 1. The van der Waals surface area contributed by atoms with Crippen molar-refractivity contribution in [1.82, 2.24) is 15.1 Å². The SMILES string of the molecule is COC(C)c1noc(-c2ccc(N)cn2)n1. The van der Waals surface area contributed by atoms with E-state index >= 15 is 0 Å². The molecule has 0 aliphatic rings. The Morgan fingerprint density at radius 2 is 2.25 bits per heavy atom. The largest absolute Gasteiger partial charge is 0.397 e. The number of hydrogen-bond acceptors (Lipinski definition) is 6. The van der Waals surface area contributed by atoms with E-state index in [9.17, 15) is 0 Å². The van der Waals surface area contributed by atoms with Crippen molar-refractivity contribution in [1.29, 1.82) is 0 Å². The number of methoxy groups -OCH3 is 1. The standard InChI is InChI=1S/C10H12N4O2/c1-6(15-2)9-13-10(16-14-9)8-4-3-7(11)5-12-8/h3-6H,11H2,1-2H3. The Balaban J connectivity index is 2.28. The summed E-state index contributed by atoms with van der Waals surface area (Å²) >= 11 is 0. The van der Waals surface area contributed by atoms with Gasteiger partial charge in [0.05, 0.1) is 11.9 Å². The van der Waals surface area contributed by atoms with Crippen LogP contribution in [0, 0.1) is 0 Å². The summed E-state index contributed by atoms with van der Waals surface area (Å²) in [5.74, 6) is 0.857. The number of nitrogen functional groups attached to an aromatic ring is 1. The van der Waals surface area contributed by atoms with Crippen molar-refractivity contribution in [3.8, 4) is 11.6 Å². The normalized spacial score (nSPS) is 12.6. The van der Waals surface area contributed by atoms with Gasteiger partial charge in [0.1, 0.15) is 11.8 Å². The Morgan fingerprint density at radius 1 is 1.44 bits per heavy atom. The Labute approximate surface area is 92.4 Å². The van der Waals surface area contributed by atoms with Crippen LogP contribution in [0.15, 0.2) is 22.9 Å². The Morgan fingerprint density at radius 3 is 2.88 bits per heavy atom. The highest BCUT2D eigenvalue weighted by Gasteiger charge is 2.14. The minimum Gasteiger partial charge on any atom is -0.397 e. The van der Waals surface area contributed by atoms with Gasteiger partial charge < -0.3 is 15.0 Å². The van der Waals surface area contributed by atoms with Gasteiger partial charge in [-0.1, -0.05) is 5.16 Å². The van der Waals surface area contributed by atoms with Crippen LogP contribution in [0.2, 0.25) is 0 Å². The minimum atomic E-state index is -0.203. The van der Waals surface area contributed by atoms with Crippen molar-refractivity contribution in [2.24, 2.45) is 0 Å². The molecule has 0 saturated carbocycles. The lowest BCUT2D eigenvalue weighted by molar-refractivity contribution is 0.109. The molecular weight excluding hydrogens is 208 g/mol. The number of nitrogens with zero attached hydrogens (tertiary/aromatic N) is 3. The highest BCUT2D eigenvalue weighted by Crippen LogP contribution is 2.18. The molecule has 2 aromatic rings. The molecule has 0 aromatic carbocycles. The predicted molar refractivity (Wildman–Crippen MR) is 57.4 cm³/mol. The van der Waals surface area contributed by atoms with Gasteiger partial charge in [-0.3, -0.25) is 0 Å². The fourth-order valence-electron chi connectivity index (χ4n) is 1.14. The molecule has 0 radical (unpaired) electrons. The van der Waals surface area contributed by atoms with Gasteiger partial charge in [0.15, 0.2) is 0 Å². The third-order valence-electron chi connectivity index (χ3n) is 2.16. The van der Waals surface area contributed by atoms with Crippen molar-refractivity contribution < 1.29 is 9.26 Å².